The number of halogens is 1. The molecule has 1 fully saturated rings. The van der Waals surface area contributed by atoms with Crippen molar-refractivity contribution < 1.29 is 22.4 Å². The smallest absolute Gasteiger partial charge is 0.251 e. The molecule has 172 valence electrons. The Morgan fingerprint density at radius 1 is 1.09 bits per heavy atom. The van der Waals surface area contributed by atoms with Crippen LogP contribution in [0.3, 0.4) is 0 Å². The highest BCUT2D eigenvalue weighted by atomic mass is 32.2. The fourth-order valence-electron chi connectivity index (χ4n) is 3.78. The molecule has 2 aromatic rings. The van der Waals surface area contributed by atoms with Crippen molar-refractivity contribution in [3.8, 4) is 0 Å². The number of carbonyl (C=O) groups excluding carboxylic acids is 2. The van der Waals surface area contributed by atoms with Crippen LogP contribution in [0.2, 0.25) is 0 Å². The molecule has 3 rings (SSSR count). The minimum atomic E-state index is -3.57. The van der Waals surface area contributed by atoms with Crippen molar-refractivity contribution >= 4 is 21.8 Å². The lowest BCUT2D eigenvalue weighted by atomic mass is 10.1. The third kappa shape index (κ3) is 5.52. The summed E-state index contributed by atoms with van der Waals surface area (Å²) in [5, 5.41) is 2.83. The quantitative estimate of drug-likeness (QED) is 0.622. The minimum Gasteiger partial charge on any atom is -0.352 e. The van der Waals surface area contributed by atoms with Gasteiger partial charge in [-0.05, 0) is 42.0 Å². The van der Waals surface area contributed by atoms with Gasteiger partial charge in [-0.25, -0.2) is 12.8 Å². The third-order valence-corrected chi connectivity index (χ3v) is 7.66. The highest BCUT2D eigenvalue weighted by Gasteiger charge is 2.30. The van der Waals surface area contributed by atoms with Crippen LogP contribution in [0.4, 0.5) is 4.39 Å². The molecular formula is C23H28FN3O4S. The van der Waals surface area contributed by atoms with Crippen molar-refractivity contribution in [1.29, 1.82) is 0 Å². The van der Waals surface area contributed by atoms with Crippen LogP contribution in [-0.4, -0.2) is 55.6 Å². The molecule has 1 aliphatic rings. The van der Waals surface area contributed by atoms with E-state index in [1.807, 2.05) is 0 Å². The van der Waals surface area contributed by atoms with Gasteiger partial charge in [0.2, 0.25) is 15.9 Å². The molecule has 1 atom stereocenters. The number of hydrogen-bond acceptors (Lipinski definition) is 4. The Morgan fingerprint density at radius 3 is 2.31 bits per heavy atom. The summed E-state index contributed by atoms with van der Waals surface area (Å²) < 4.78 is 39.5. The maximum absolute atomic E-state index is 13.1. The summed E-state index contributed by atoms with van der Waals surface area (Å²) in [6, 6.07) is 11.9. The fourth-order valence-corrected chi connectivity index (χ4v) is 5.24. The Bertz CT molecular complexity index is 1050. The van der Waals surface area contributed by atoms with Gasteiger partial charge in [0.05, 0.1) is 4.90 Å². The second-order valence-corrected chi connectivity index (χ2v) is 9.73. The minimum absolute atomic E-state index is 0.000430. The van der Waals surface area contributed by atoms with E-state index in [2.05, 4.69) is 5.32 Å². The van der Waals surface area contributed by atoms with Gasteiger partial charge >= 0.3 is 0 Å². The summed E-state index contributed by atoms with van der Waals surface area (Å²) in [5.74, 6) is -0.657. The van der Waals surface area contributed by atoms with E-state index in [9.17, 15) is 22.4 Å². The van der Waals surface area contributed by atoms with E-state index in [-0.39, 0.29) is 28.4 Å². The number of nitrogens with one attached hydrogen (secondary N) is 1. The van der Waals surface area contributed by atoms with Gasteiger partial charge in [-0.2, -0.15) is 4.31 Å². The van der Waals surface area contributed by atoms with Crippen molar-refractivity contribution in [2.45, 2.75) is 31.7 Å². The Balaban J connectivity index is 1.54. The number of likely N-dealkylation sites (tertiary alicyclic amines) is 1. The average Bonchev–Trinajstić information content (AvgIpc) is 3.13. The SMILES string of the molecule is CCN(CC)S(=O)(=O)c1ccc(C(=O)NCC2CC(=O)N(Cc3ccc(F)cc3)C2)cc1. The highest BCUT2D eigenvalue weighted by Crippen LogP contribution is 2.20. The largest absolute Gasteiger partial charge is 0.352 e. The zero-order valence-electron chi connectivity index (χ0n) is 18.3. The molecule has 1 unspecified atom stereocenters. The first-order chi connectivity index (χ1) is 15.2. The van der Waals surface area contributed by atoms with E-state index < -0.39 is 10.0 Å². The van der Waals surface area contributed by atoms with Crippen LogP contribution in [0.1, 0.15) is 36.2 Å². The van der Waals surface area contributed by atoms with Gasteiger partial charge in [0, 0.05) is 50.6 Å². The Labute approximate surface area is 188 Å². The molecule has 1 saturated heterocycles. The summed E-state index contributed by atoms with van der Waals surface area (Å²) in [6.07, 6.45) is 0.336. The molecule has 0 aliphatic carbocycles. The molecule has 9 heteroatoms. The first-order valence-corrected chi connectivity index (χ1v) is 12.1. The molecule has 1 heterocycles. The standard InChI is InChI=1S/C23H28FN3O4S/c1-3-27(4-2)32(30,31)21-11-7-19(8-12-21)23(29)25-14-18-13-22(28)26(16-18)15-17-5-9-20(24)10-6-17/h5-12,18H,3-4,13-16H2,1-2H3,(H,25,29). The van der Waals surface area contributed by atoms with Crippen molar-refractivity contribution in [3.63, 3.8) is 0 Å². The molecule has 1 aliphatic heterocycles. The number of benzene rings is 2. The molecule has 32 heavy (non-hydrogen) atoms. The number of sulfonamides is 1. The summed E-state index contributed by atoms with van der Waals surface area (Å²) in [7, 11) is -3.57. The average molecular weight is 462 g/mol. The predicted octanol–water partition coefficient (Wildman–Crippen LogP) is 2.63. The molecule has 0 bridgehead atoms. The molecule has 2 amide bonds. The van der Waals surface area contributed by atoms with Crippen molar-refractivity contribution in [2.24, 2.45) is 5.92 Å². The summed E-state index contributed by atoms with van der Waals surface area (Å²) in [6.45, 7) is 5.56. The van der Waals surface area contributed by atoms with E-state index >= 15 is 0 Å². The lowest BCUT2D eigenvalue weighted by Crippen LogP contribution is -2.31. The number of rotatable bonds is 9. The van der Waals surface area contributed by atoms with Crippen LogP contribution >= 0.6 is 0 Å². The maximum atomic E-state index is 13.1. The van der Waals surface area contributed by atoms with Gasteiger partial charge in [0.1, 0.15) is 5.82 Å². The topological polar surface area (TPSA) is 86.8 Å². The van der Waals surface area contributed by atoms with Crippen LogP contribution in [0.15, 0.2) is 53.4 Å². The van der Waals surface area contributed by atoms with E-state index in [1.165, 1.54) is 40.7 Å². The van der Waals surface area contributed by atoms with Crippen LogP contribution in [-0.2, 0) is 21.4 Å². The Kier molecular flexibility index (Phi) is 7.63. The number of carbonyl (C=O) groups is 2. The number of hydrogen-bond donors (Lipinski definition) is 1. The molecule has 0 spiro atoms. The predicted molar refractivity (Wildman–Crippen MR) is 119 cm³/mol. The molecule has 0 radical (unpaired) electrons. The van der Waals surface area contributed by atoms with Gasteiger partial charge in [-0.3, -0.25) is 9.59 Å². The molecular weight excluding hydrogens is 433 g/mol. The van der Waals surface area contributed by atoms with Crippen LogP contribution in [0, 0.1) is 11.7 Å². The van der Waals surface area contributed by atoms with E-state index in [0.29, 0.717) is 44.7 Å². The van der Waals surface area contributed by atoms with E-state index in [0.717, 1.165) is 5.56 Å². The second-order valence-electron chi connectivity index (χ2n) is 7.79. The van der Waals surface area contributed by atoms with Gasteiger partial charge in [0.25, 0.3) is 5.91 Å². The number of nitrogens with zero attached hydrogens (tertiary/aromatic N) is 2. The lowest BCUT2D eigenvalue weighted by Gasteiger charge is -2.18. The highest BCUT2D eigenvalue weighted by molar-refractivity contribution is 7.89. The summed E-state index contributed by atoms with van der Waals surface area (Å²) >= 11 is 0. The van der Waals surface area contributed by atoms with Crippen molar-refractivity contribution in [1.82, 2.24) is 14.5 Å². The van der Waals surface area contributed by atoms with E-state index in [4.69, 9.17) is 0 Å². The number of amides is 2. The summed E-state index contributed by atoms with van der Waals surface area (Å²) in [5.41, 5.74) is 1.21. The normalized spacial score (nSPS) is 16.6. The lowest BCUT2D eigenvalue weighted by molar-refractivity contribution is -0.128. The zero-order valence-corrected chi connectivity index (χ0v) is 19.1. The Morgan fingerprint density at radius 2 is 1.72 bits per heavy atom. The van der Waals surface area contributed by atoms with Crippen molar-refractivity contribution in [2.75, 3.05) is 26.2 Å². The van der Waals surface area contributed by atoms with Crippen molar-refractivity contribution in [3.05, 3.63) is 65.5 Å². The molecule has 0 aromatic heterocycles. The first kappa shape index (κ1) is 23.9. The maximum Gasteiger partial charge on any atom is 0.251 e. The zero-order chi connectivity index (χ0) is 23.3. The monoisotopic (exact) mass is 461 g/mol. The van der Waals surface area contributed by atoms with E-state index in [1.54, 1.807) is 30.9 Å². The van der Waals surface area contributed by atoms with Gasteiger partial charge < -0.3 is 10.2 Å². The van der Waals surface area contributed by atoms with Crippen LogP contribution in [0.5, 0.6) is 0 Å². The fraction of sp³-hybridized carbons (Fsp3) is 0.391. The Hall–Kier alpha value is -2.78. The first-order valence-electron chi connectivity index (χ1n) is 10.6. The third-order valence-electron chi connectivity index (χ3n) is 5.59. The molecule has 0 saturated carbocycles. The summed E-state index contributed by atoms with van der Waals surface area (Å²) in [4.78, 5) is 26.6. The molecule has 1 N–H and O–H groups in total. The van der Waals surface area contributed by atoms with Crippen LogP contribution in [0.25, 0.3) is 0 Å². The molecule has 7 nitrogen and oxygen atoms in total. The van der Waals surface area contributed by atoms with Gasteiger partial charge in [-0.1, -0.05) is 26.0 Å². The van der Waals surface area contributed by atoms with Gasteiger partial charge in [0.15, 0.2) is 0 Å². The molecule has 2 aromatic carbocycles. The second kappa shape index (κ2) is 10.2. The van der Waals surface area contributed by atoms with Gasteiger partial charge in [-0.15, -0.1) is 0 Å². The van der Waals surface area contributed by atoms with Crippen LogP contribution < -0.4 is 5.32 Å².